The van der Waals surface area contributed by atoms with Gasteiger partial charge in [0.2, 0.25) is 0 Å². The van der Waals surface area contributed by atoms with Crippen molar-refractivity contribution in [3.05, 3.63) is 67.1 Å². The second kappa shape index (κ2) is 6.99. The first-order valence-corrected chi connectivity index (χ1v) is 5.73. The summed E-state index contributed by atoms with van der Waals surface area (Å²) in [6.45, 7) is 0. The normalized spacial score (nSPS) is 9.68. The first kappa shape index (κ1) is 14.4. The van der Waals surface area contributed by atoms with E-state index in [0.717, 1.165) is 22.6 Å². The van der Waals surface area contributed by atoms with Crippen molar-refractivity contribution in [1.82, 2.24) is 15.0 Å². The summed E-state index contributed by atoms with van der Waals surface area (Å²) in [5.74, 6) is 0. The fourth-order valence-corrected chi connectivity index (χ4v) is 1.84. The van der Waals surface area contributed by atoms with E-state index in [1.807, 2.05) is 48.5 Å². The minimum atomic E-state index is 0. The number of hydrogen-bond acceptors (Lipinski definition) is 3. The predicted octanol–water partition coefficient (Wildman–Crippen LogP) is 3.21. The maximum absolute atomic E-state index is 4.42. The Bertz CT molecular complexity index is 583. The van der Waals surface area contributed by atoms with Crippen molar-refractivity contribution in [2.75, 3.05) is 0 Å². The van der Waals surface area contributed by atoms with Gasteiger partial charge in [-0.15, -0.1) is 0 Å². The van der Waals surface area contributed by atoms with Crippen LogP contribution in [0.2, 0.25) is 0 Å². The van der Waals surface area contributed by atoms with Gasteiger partial charge in [0.15, 0.2) is 0 Å². The number of aromatic nitrogens is 3. The van der Waals surface area contributed by atoms with E-state index in [0.29, 0.717) is 0 Å². The molecule has 0 fully saturated rings. The molecule has 0 saturated carbocycles. The van der Waals surface area contributed by atoms with Crippen LogP contribution in [0.15, 0.2) is 67.1 Å². The van der Waals surface area contributed by atoms with E-state index in [4.69, 9.17) is 0 Å². The monoisotopic (exact) mass is 386 g/mol. The first-order valence-electron chi connectivity index (χ1n) is 5.73. The van der Waals surface area contributed by atoms with Crippen molar-refractivity contribution in [2.45, 2.75) is 0 Å². The van der Waals surface area contributed by atoms with Gasteiger partial charge in [-0.1, -0.05) is 12.1 Å². The fraction of sp³-hybridized carbons (Fsp3) is 0. The van der Waals surface area contributed by atoms with Gasteiger partial charge in [-0.05, 0) is 36.4 Å². The van der Waals surface area contributed by atoms with Gasteiger partial charge in [-0.2, -0.15) is 0 Å². The van der Waals surface area contributed by atoms with Gasteiger partial charge in [0.25, 0.3) is 0 Å². The average molecular weight is 385 g/mol. The van der Waals surface area contributed by atoms with E-state index in [2.05, 4.69) is 15.0 Å². The first-order chi connectivity index (χ1) is 8.95. The summed E-state index contributed by atoms with van der Waals surface area (Å²) in [5.41, 5.74) is 3.62. The maximum Gasteiger partial charge on any atom is 0.0980 e. The van der Waals surface area contributed by atoms with Gasteiger partial charge in [0.1, 0.15) is 0 Å². The number of pyridine rings is 3. The van der Waals surface area contributed by atoms with Gasteiger partial charge in [-0.25, -0.2) is 0 Å². The van der Waals surface area contributed by atoms with E-state index >= 15 is 0 Å². The summed E-state index contributed by atoms with van der Waals surface area (Å²) in [6.07, 6.45) is 5.33. The molecule has 0 atom stereocenters. The third-order valence-corrected chi connectivity index (χ3v) is 2.66. The van der Waals surface area contributed by atoms with Crippen molar-refractivity contribution in [2.24, 2.45) is 0 Å². The molecule has 0 aliphatic rings. The molecule has 0 spiro atoms. The Morgan fingerprint density at radius 1 is 0.579 bits per heavy atom. The minimum absolute atomic E-state index is 0. The van der Waals surface area contributed by atoms with Crippen molar-refractivity contribution in [3.8, 4) is 22.6 Å². The Balaban J connectivity index is 0.00000133. The molecule has 4 heteroatoms. The molecule has 0 aliphatic heterocycles. The molecular formula is C15H11EuN3. The van der Waals surface area contributed by atoms with E-state index in [-0.39, 0.29) is 49.4 Å². The van der Waals surface area contributed by atoms with Gasteiger partial charge in [0, 0.05) is 73.5 Å². The van der Waals surface area contributed by atoms with Crippen LogP contribution in [0.1, 0.15) is 0 Å². The van der Waals surface area contributed by atoms with Crippen LogP contribution in [-0.4, -0.2) is 15.0 Å². The molecule has 0 N–H and O–H groups in total. The summed E-state index contributed by atoms with van der Waals surface area (Å²) < 4.78 is 0. The van der Waals surface area contributed by atoms with Crippen LogP contribution in [-0.2, 0) is 0 Å². The molecule has 0 bridgehead atoms. The molecular weight excluding hydrogens is 374 g/mol. The van der Waals surface area contributed by atoms with Crippen LogP contribution in [0, 0.1) is 49.4 Å². The standard InChI is InChI=1S/C15H11N3.Eu/c1-3-9-16-13(7-1)12-6-5-11-18-15(12)14-8-2-4-10-17-14;/h1-11H;. The number of nitrogens with zero attached hydrogens (tertiary/aromatic N) is 3. The molecule has 0 unspecified atom stereocenters. The average Bonchev–Trinajstić information content (AvgIpc) is 2.49. The van der Waals surface area contributed by atoms with Gasteiger partial charge < -0.3 is 0 Å². The summed E-state index contributed by atoms with van der Waals surface area (Å²) >= 11 is 0. The molecule has 93 valence electrons. The predicted molar refractivity (Wildman–Crippen MR) is 70.7 cm³/mol. The molecule has 0 amide bonds. The molecule has 3 aromatic rings. The zero-order valence-electron chi connectivity index (χ0n) is 10.1. The van der Waals surface area contributed by atoms with Gasteiger partial charge in [-0.3, -0.25) is 15.0 Å². The van der Waals surface area contributed by atoms with Gasteiger partial charge >= 0.3 is 0 Å². The molecule has 0 saturated heterocycles. The second-order valence-corrected chi connectivity index (χ2v) is 3.83. The van der Waals surface area contributed by atoms with Crippen molar-refractivity contribution >= 4 is 0 Å². The SMILES string of the molecule is [Eu].c1ccc(-c2cccnc2-c2ccccn2)nc1. The maximum atomic E-state index is 4.42. The molecule has 3 aromatic heterocycles. The minimum Gasteiger partial charge on any atom is -0.256 e. The van der Waals surface area contributed by atoms with Crippen LogP contribution < -0.4 is 0 Å². The summed E-state index contributed by atoms with van der Waals surface area (Å²) in [4.78, 5) is 13.1. The Kier molecular flexibility index (Phi) is 5.31. The summed E-state index contributed by atoms with van der Waals surface area (Å²) in [7, 11) is 0. The molecule has 19 heavy (non-hydrogen) atoms. The smallest absolute Gasteiger partial charge is 0.0980 e. The fourth-order valence-electron chi connectivity index (χ4n) is 1.84. The number of rotatable bonds is 2. The zero-order chi connectivity index (χ0) is 12.2. The Labute approximate surface area is 152 Å². The van der Waals surface area contributed by atoms with Gasteiger partial charge in [0.05, 0.1) is 17.1 Å². The van der Waals surface area contributed by atoms with E-state index in [9.17, 15) is 0 Å². The van der Waals surface area contributed by atoms with E-state index in [1.54, 1.807) is 18.6 Å². The van der Waals surface area contributed by atoms with Crippen LogP contribution in [0.4, 0.5) is 0 Å². The van der Waals surface area contributed by atoms with E-state index in [1.165, 1.54) is 0 Å². The van der Waals surface area contributed by atoms with Crippen molar-refractivity contribution in [3.63, 3.8) is 0 Å². The van der Waals surface area contributed by atoms with Crippen LogP contribution in [0.3, 0.4) is 0 Å². The molecule has 1 radical (unpaired) electrons. The third-order valence-electron chi connectivity index (χ3n) is 2.66. The van der Waals surface area contributed by atoms with Crippen LogP contribution in [0.25, 0.3) is 22.6 Å². The number of hydrogen-bond donors (Lipinski definition) is 0. The third kappa shape index (κ3) is 3.32. The van der Waals surface area contributed by atoms with E-state index < -0.39 is 0 Å². The molecule has 0 aliphatic carbocycles. The Morgan fingerprint density at radius 3 is 1.84 bits per heavy atom. The topological polar surface area (TPSA) is 38.7 Å². The summed E-state index contributed by atoms with van der Waals surface area (Å²) in [6, 6.07) is 15.6. The van der Waals surface area contributed by atoms with Crippen LogP contribution >= 0.6 is 0 Å². The molecule has 3 heterocycles. The molecule has 3 rings (SSSR count). The second-order valence-electron chi connectivity index (χ2n) is 3.83. The summed E-state index contributed by atoms with van der Waals surface area (Å²) in [5, 5.41) is 0. The Morgan fingerprint density at radius 2 is 1.21 bits per heavy atom. The Hall–Kier alpha value is -0.966. The van der Waals surface area contributed by atoms with Crippen molar-refractivity contribution < 1.29 is 49.4 Å². The van der Waals surface area contributed by atoms with Crippen LogP contribution in [0.5, 0.6) is 0 Å². The molecule has 3 nitrogen and oxygen atoms in total. The quantitative estimate of drug-likeness (QED) is 0.680. The molecule has 0 aromatic carbocycles. The zero-order valence-corrected chi connectivity index (χ0v) is 12.5. The van der Waals surface area contributed by atoms with Crippen molar-refractivity contribution in [1.29, 1.82) is 0 Å². The largest absolute Gasteiger partial charge is 0.256 e.